The molecule has 2 nitrogen and oxygen atoms in total. The third kappa shape index (κ3) is 2.17. The van der Waals surface area contributed by atoms with Crippen LogP contribution in [0, 0.1) is 0 Å². The zero-order chi connectivity index (χ0) is 11.5. The largest absolute Gasteiger partial charge is 0.379 e. The fourth-order valence-electron chi connectivity index (χ4n) is 2.09. The molecule has 0 amide bonds. The number of para-hydroxylation sites is 1. The third-order valence-corrected chi connectivity index (χ3v) is 3.15. The molecule has 0 bridgehead atoms. The molecule has 0 aromatic heterocycles. The molecule has 2 N–H and O–H groups in total. The van der Waals surface area contributed by atoms with Crippen molar-refractivity contribution < 1.29 is 0 Å². The molecule has 0 atom stereocenters. The molecule has 2 aromatic rings. The molecular formula is C15H16N2. The summed E-state index contributed by atoms with van der Waals surface area (Å²) in [6.07, 6.45) is 0. The molecule has 17 heavy (non-hydrogen) atoms. The van der Waals surface area contributed by atoms with Crippen molar-refractivity contribution in [2.45, 2.75) is 6.04 Å². The topological polar surface area (TPSA) is 24.1 Å². The van der Waals surface area contributed by atoms with Crippen molar-refractivity contribution in [3.8, 4) is 11.1 Å². The Balaban J connectivity index is 1.92. The molecule has 2 aromatic carbocycles. The van der Waals surface area contributed by atoms with Crippen LogP contribution in [0.15, 0.2) is 54.6 Å². The highest BCUT2D eigenvalue weighted by Crippen LogP contribution is 2.28. The molecule has 1 aliphatic heterocycles. The standard InChI is InChI=1S/C15H16N2/c1-2-6-12(7-3-1)14-8-4-5-9-15(14)17-13-10-16-11-13/h1-9,13,16-17H,10-11H2. The van der Waals surface area contributed by atoms with Crippen LogP contribution in [0.2, 0.25) is 0 Å². The predicted molar refractivity (Wildman–Crippen MR) is 72.2 cm³/mol. The summed E-state index contributed by atoms with van der Waals surface area (Å²) in [4.78, 5) is 0. The average Bonchev–Trinajstić information content (AvgIpc) is 2.35. The smallest absolute Gasteiger partial charge is 0.0510 e. The lowest BCUT2D eigenvalue weighted by atomic mass is 10.0. The van der Waals surface area contributed by atoms with Gasteiger partial charge in [0, 0.05) is 24.3 Å². The molecule has 0 unspecified atom stereocenters. The van der Waals surface area contributed by atoms with Crippen LogP contribution in [0.4, 0.5) is 5.69 Å². The number of nitrogens with one attached hydrogen (secondary N) is 2. The lowest BCUT2D eigenvalue weighted by molar-refractivity contribution is 0.472. The first-order valence-electron chi connectivity index (χ1n) is 6.05. The van der Waals surface area contributed by atoms with Gasteiger partial charge >= 0.3 is 0 Å². The fraction of sp³-hybridized carbons (Fsp3) is 0.200. The molecule has 86 valence electrons. The zero-order valence-corrected chi connectivity index (χ0v) is 9.69. The maximum atomic E-state index is 3.58. The van der Waals surface area contributed by atoms with E-state index in [-0.39, 0.29) is 0 Å². The van der Waals surface area contributed by atoms with Crippen LogP contribution in [-0.2, 0) is 0 Å². The van der Waals surface area contributed by atoms with Crippen molar-refractivity contribution in [3.05, 3.63) is 54.6 Å². The summed E-state index contributed by atoms with van der Waals surface area (Å²) in [5.74, 6) is 0. The highest BCUT2D eigenvalue weighted by Gasteiger charge is 2.17. The van der Waals surface area contributed by atoms with Gasteiger partial charge < -0.3 is 10.6 Å². The van der Waals surface area contributed by atoms with Gasteiger partial charge in [-0.15, -0.1) is 0 Å². The van der Waals surface area contributed by atoms with E-state index in [1.54, 1.807) is 0 Å². The number of benzene rings is 2. The van der Waals surface area contributed by atoms with E-state index in [4.69, 9.17) is 0 Å². The Labute approximate surface area is 102 Å². The number of anilines is 1. The summed E-state index contributed by atoms with van der Waals surface area (Å²) in [5.41, 5.74) is 3.77. The molecule has 2 heteroatoms. The first kappa shape index (κ1) is 10.4. The summed E-state index contributed by atoms with van der Waals surface area (Å²) in [5, 5.41) is 6.86. The first-order valence-corrected chi connectivity index (χ1v) is 6.05. The van der Waals surface area contributed by atoms with Crippen molar-refractivity contribution in [1.29, 1.82) is 0 Å². The van der Waals surface area contributed by atoms with Crippen LogP contribution in [0.1, 0.15) is 0 Å². The molecule has 1 saturated heterocycles. The molecule has 0 radical (unpaired) electrons. The average molecular weight is 224 g/mol. The van der Waals surface area contributed by atoms with Crippen molar-refractivity contribution in [3.63, 3.8) is 0 Å². The summed E-state index contributed by atoms with van der Waals surface area (Å²) in [7, 11) is 0. The van der Waals surface area contributed by atoms with Gasteiger partial charge in [-0.3, -0.25) is 0 Å². The summed E-state index contributed by atoms with van der Waals surface area (Å²) in [6, 6.07) is 19.6. The van der Waals surface area contributed by atoms with Gasteiger partial charge in [0.05, 0.1) is 6.04 Å². The van der Waals surface area contributed by atoms with Gasteiger partial charge in [-0.2, -0.15) is 0 Å². The van der Waals surface area contributed by atoms with Gasteiger partial charge in [-0.05, 0) is 11.6 Å². The van der Waals surface area contributed by atoms with E-state index >= 15 is 0 Å². The summed E-state index contributed by atoms with van der Waals surface area (Å²) in [6.45, 7) is 2.12. The van der Waals surface area contributed by atoms with Crippen molar-refractivity contribution >= 4 is 5.69 Å². The Morgan fingerprint density at radius 3 is 2.29 bits per heavy atom. The summed E-state index contributed by atoms with van der Waals surface area (Å²) < 4.78 is 0. The van der Waals surface area contributed by atoms with E-state index in [9.17, 15) is 0 Å². The second kappa shape index (κ2) is 4.60. The Bertz CT molecular complexity index is 489. The Hall–Kier alpha value is -1.80. The van der Waals surface area contributed by atoms with E-state index in [1.807, 2.05) is 0 Å². The van der Waals surface area contributed by atoms with E-state index in [1.165, 1.54) is 16.8 Å². The minimum atomic E-state index is 0.569. The van der Waals surface area contributed by atoms with E-state index in [2.05, 4.69) is 65.2 Å². The number of rotatable bonds is 3. The normalized spacial score (nSPS) is 15.3. The molecule has 0 spiro atoms. The molecule has 1 heterocycles. The molecule has 1 aliphatic rings. The van der Waals surface area contributed by atoms with Crippen molar-refractivity contribution in [2.75, 3.05) is 18.4 Å². The van der Waals surface area contributed by atoms with Crippen molar-refractivity contribution in [1.82, 2.24) is 5.32 Å². The van der Waals surface area contributed by atoms with Crippen LogP contribution in [0.25, 0.3) is 11.1 Å². The van der Waals surface area contributed by atoms with Crippen LogP contribution in [0.3, 0.4) is 0 Å². The van der Waals surface area contributed by atoms with Gasteiger partial charge in [0.1, 0.15) is 0 Å². The zero-order valence-electron chi connectivity index (χ0n) is 9.69. The molecule has 0 aliphatic carbocycles. The monoisotopic (exact) mass is 224 g/mol. The van der Waals surface area contributed by atoms with Crippen molar-refractivity contribution in [2.24, 2.45) is 0 Å². The lowest BCUT2D eigenvalue weighted by Gasteiger charge is -2.30. The Morgan fingerprint density at radius 2 is 1.59 bits per heavy atom. The van der Waals surface area contributed by atoms with E-state index in [0.29, 0.717) is 6.04 Å². The molecule has 0 saturated carbocycles. The second-order valence-corrected chi connectivity index (χ2v) is 4.41. The minimum Gasteiger partial charge on any atom is -0.379 e. The third-order valence-electron chi connectivity index (χ3n) is 3.15. The number of hydrogen-bond acceptors (Lipinski definition) is 2. The van der Waals surface area contributed by atoms with Gasteiger partial charge in [0.2, 0.25) is 0 Å². The van der Waals surface area contributed by atoms with Crippen LogP contribution >= 0.6 is 0 Å². The first-order chi connectivity index (χ1) is 8.43. The van der Waals surface area contributed by atoms with Gasteiger partial charge in [-0.1, -0.05) is 48.5 Å². The predicted octanol–water partition coefficient (Wildman–Crippen LogP) is 2.74. The molecular weight excluding hydrogens is 208 g/mol. The number of hydrogen-bond donors (Lipinski definition) is 2. The minimum absolute atomic E-state index is 0.569. The molecule has 1 fully saturated rings. The van der Waals surface area contributed by atoms with Gasteiger partial charge in [-0.25, -0.2) is 0 Å². The maximum absolute atomic E-state index is 3.58. The highest BCUT2D eigenvalue weighted by molar-refractivity contribution is 5.78. The Kier molecular flexibility index (Phi) is 2.80. The van der Waals surface area contributed by atoms with Crippen LogP contribution < -0.4 is 10.6 Å². The second-order valence-electron chi connectivity index (χ2n) is 4.41. The maximum Gasteiger partial charge on any atom is 0.0510 e. The molecule has 3 rings (SSSR count). The fourth-order valence-corrected chi connectivity index (χ4v) is 2.09. The highest BCUT2D eigenvalue weighted by atomic mass is 15.1. The quantitative estimate of drug-likeness (QED) is 0.837. The van der Waals surface area contributed by atoms with Gasteiger partial charge in [0.15, 0.2) is 0 Å². The Morgan fingerprint density at radius 1 is 0.882 bits per heavy atom. The lowest BCUT2D eigenvalue weighted by Crippen LogP contribution is -2.51. The SMILES string of the molecule is c1ccc(-c2ccccc2NC2CNC2)cc1. The van der Waals surface area contributed by atoms with E-state index in [0.717, 1.165) is 13.1 Å². The van der Waals surface area contributed by atoms with Gasteiger partial charge in [0.25, 0.3) is 0 Å². The van der Waals surface area contributed by atoms with Crippen LogP contribution in [0.5, 0.6) is 0 Å². The van der Waals surface area contributed by atoms with Crippen LogP contribution in [-0.4, -0.2) is 19.1 Å². The summed E-state index contributed by atoms with van der Waals surface area (Å²) >= 11 is 0. The van der Waals surface area contributed by atoms with E-state index < -0.39 is 0 Å².